The molecule has 2 aliphatic heterocycles. The van der Waals surface area contributed by atoms with Gasteiger partial charge in [-0.1, -0.05) is 6.07 Å². The first-order chi connectivity index (χ1) is 15.9. The average Bonchev–Trinajstić information content (AvgIpc) is 3.58. The van der Waals surface area contributed by atoms with Crippen molar-refractivity contribution in [3.8, 4) is 5.75 Å². The van der Waals surface area contributed by atoms with Crippen LogP contribution in [-0.4, -0.2) is 63.4 Å². The van der Waals surface area contributed by atoms with Gasteiger partial charge in [0.2, 0.25) is 0 Å². The fourth-order valence-corrected chi connectivity index (χ4v) is 4.05. The molecule has 6 rings (SSSR count). The van der Waals surface area contributed by atoms with E-state index < -0.39 is 11.7 Å². The van der Waals surface area contributed by atoms with Crippen molar-refractivity contribution >= 4 is 11.6 Å². The summed E-state index contributed by atoms with van der Waals surface area (Å²) in [6, 6.07) is 5.71. The number of rotatable bonds is 2. The highest BCUT2D eigenvalue weighted by molar-refractivity contribution is 5.41. The monoisotopic (exact) mass is 462 g/mol. The number of morpholine rings is 1. The number of nitrogen functional groups attached to an aromatic ring is 1. The lowest BCUT2D eigenvalue weighted by atomic mass is 9.99. The highest BCUT2D eigenvalue weighted by atomic mass is 19.4. The van der Waals surface area contributed by atoms with Crippen LogP contribution in [-0.2, 0) is 17.3 Å². The van der Waals surface area contributed by atoms with Crippen LogP contribution in [0.3, 0.4) is 0 Å². The van der Waals surface area contributed by atoms with Crippen LogP contribution in [0.2, 0.25) is 0 Å². The number of alkyl halides is 3. The van der Waals surface area contributed by atoms with Crippen LogP contribution >= 0.6 is 0 Å². The van der Waals surface area contributed by atoms with Crippen LogP contribution in [0.1, 0.15) is 35.7 Å². The van der Waals surface area contributed by atoms with Gasteiger partial charge in [-0.3, -0.25) is 4.90 Å². The number of anilines is 1. The van der Waals surface area contributed by atoms with Crippen molar-refractivity contribution in [1.29, 1.82) is 0 Å². The molecule has 4 heterocycles. The molecule has 0 spiro atoms. The molecule has 2 aromatic heterocycles. The molecule has 11 heteroatoms. The van der Waals surface area contributed by atoms with E-state index >= 15 is 0 Å². The summed E-state index contributed by atoms with van der Waals surface area (Å²) in [7, 11) is 0. The normalized spacial score (nSPS) is 21.1. The predicted molar refractivity (Wildman–Crippen MR) is 114 cm³/mol. The number of hydrogen-bond donors (Lipinski definition) is 1. The molecule has 0 bridgehead atoms. The lowest BCUT2D eigenvalue weighted by Gasteiger charge is -2.37. The van der Waals surface area contributed by atoms with Gasteiger partial charge in [-0.05, 0) is 43.0 Å². The smallest absolute Gasteiger partial charge is 0.416 e. The number of nitrogens with two attached hydrogens (primary N) is 1. The fraction of sp³-hybridized carbons (Fsp3) is 0.500. The Hall–Kier alpha value is -2.92. The van der Waals surface area contributed by atoms with Gasteiger partial charge in [0.25, 0.3) is 5.78 Å². The van der Waals surface area contributed by atoms with Gasteiger partial charge in [0.15, 0.2) is 5.82 Å². The molecule has 2 fully saturated rings. The molecule has 2 N–H and O–H groups in total. The van der Waals surface area contributed by atoms with Gasteiger partial charge < -0.3 is 15.2 Å². The molecule has 3 aromatic rings. The molecular weight excluding hydrogens is 437 g/mol. The van der Waals surface area contributed by atoms with E-state index in [4.69, 9.17) is 15.2 Å². The predicted octanol–water partition coefficient (Wildman–Crippen LogP) is 2.93. The van der Waals surface area contributed by atoms with E-state index in [1.165, 1.54) is 18.9 Å². The lowest BCUT2D eigenvalue weighted by Crippen LogP contribution is -2.48. The van der Waals surface area contributed by atoms with Crippen molar-refractivity contribution in [2.24, 2.45) is 0 Å². The molecule has 1 atom stereocenters. The van der Waals surface area contributed by atoms with Crippen molar-refractivity contribution < 1.29 is 22.6 Å². The number of nitrogens with zero attached hydrogens (tertiary/aromatic N) is 5. The van der Waals surface area contributed by atoms with Crippen LogP contribution in [0.4, 0.5) is 19.0 Å². The Labute approximate surface area is 188 Å². The van der Waals surface area contributed by atoms with Gasteiger partial charge >= 0.3 is 6.18 Å². The summed E-state index contributed by atoms with van der Waals surface area (Å²) in [5.74, 6) is 2.97. The number of aromatic nitrogens is 4. The molecule has 3 aliphatic rings. The number of hydrogen-bond acceptors (Lipinski definition) is 7. The minimum atomic E-state index is -4.32. The number of fused-ring (bicyclic) bond motifs is 2. The topological polar surface area (TPSA) is 90.8 Å². The molecule has 1 aromatic carbocycles. The molecule has 0 amide bonds. The largest absolute Gasteiger partial charge is 0.492 e. The summed E-state index contributed by atoms with van der Waals surface area (Å²) in [6.07, 6.45) is 0.441. The van der Waals surface area contributed by atoms with Crippen molar-refractivity contribution in [2.45, 2.75) is 37.4 Å². The molecule has 1 unspecified atom stereocenters. The second-order valence-corrected chi connectivity index (χ2v) is 8.46. The Morgan fingerprint density at radius 1 is 1.09 bits per heavy atom. The van der Waals surface area contributed by atoms with Gasteiger partial charge in [0, 0.05) is 31.2 Å². The summed E-state index contributed by atoms with van der Waals surface area (Å²) >= 11 is 0. The lowest BCUT2D eigenvalue weighted by molar-refractivity contribution is -0.137. The second kappa shape index (κ2) is 8.79. The van der Waals surface area contributed by atoms with Crippen LogP contribution in [0.15, 0.2) is 30.5 Å². The Balaban J connectivity index is 0.000000151. The second-order valence-electron chi connectivity index (χ2n) is 8.46. The van der Waals surface area contributed by atoms with Gasteiger partial charge in [0.05, 0.1) is 18.8 Å². The number of halogens is 3. The van der Waals surface area contributed by atoms with Crippen LogP contribution in [0, 0.1) is 0 Å². The molecule has 0 radical (unpaired) electrons. The van der Waals surface area contributed by atoms with E-state index in [0.29, 0.717) is 43.1 Å². The summed E-state index contributed by atoms with van der Waals surface area (Å²) in [6.45, 7) is 3.55. The molecule has 176 valence electrons. The third-order valence-electron chi connectivity index (χ3n) is 6.07. The molecule has 1 saturated heterocycles. The van der Waals surface area contributed by atoms with E-state index in [-0.39, 0.29) is 6.04 Å². The van der Waals surface area contributed by atoms with Crippen molar-refractivity contribution in [2.75, 3.05) is 38.6 Å². The standard InChI is InChI=1S/C14H16F3NO2.C8H9N5/c15-14(16,17)11-2-1-10-7-12(9-20-13(10)8-11)18-3-5-19-6-4-18;9-6-3-4-10-8-11-7(5-1-2-5)12-13(6)8/h1-2,8,12H,3-7,9H2;3-5H,1-2,9H2. The summed E-state index contributed by atoms with van der Waals surface area (Å²) in [5.41, 5.74) is 5.91. The Kier molecular flexibility index (Phi) is 5.83. The Morgan fingerprint density at radius 2 is 1.88 bits per heavy atom. The summed E-state index contributed by atoms with van der Waals surface area (Å²) in [5, 5.41) is 4.29. The SMILES string of the molecule is FC(F)(F)c1ccc2c(c1)OCC(N1CCOCC1)C2.Nc1ccnc2nc(C3CC3)nn12. The molecular formula is C22H25F3N6O2. The Bertz CT molecular complexity index is 1130. The zero-order valence-corrected chi connectivity index (χ0v) is 18.0. The quantitative estimate of drug-likeness (QED) is 0.626. The van der Waals surface area contributed by atoms with Crippen molar-refractivity contribution in [3.05, 3.63) is 47.4 Å². The third-order valence-corrected chi connectivity index (χ3v) is 6.07. The maximum absolute atomic E-state index is 12.6. The van der Waals surface area contributed by atoms with Gasteiger partial charge in [-0.25, -0.2) is 4.98 Å². The van der Waals surface area contributed by atoms with Crippen molar-refractivity contribution in [1.82, 2.24) is 24.5 Å². The van der Waals surface area contributed by atoms with Gasteiger partial charge in [-0.15, -0.1) is 5.10 Å². The van der Waals surface area contributed by atoms with E-state index in [0.717, 1.165) is 43.0 Å². The highest BCUT2D eigenvalue weighted by Gasteiger charge is 2.33. The van der Waals surface area contributed by atoms with E-state index in [1.54, 1.807) is 16.8 Å². The van der Waals surface area contributed by atoms with Crippen LogP contribution in [0.5, 0.6) is 5.75 Å². The minimum absolute atomic E-state index is 0.225. The van der Waals surface area contributed by atoms with E-state index in [1.807, 2.05) is 0 Å². The maximum Gasteiger partial charge on any atom is 0.416 e. The van der Waals surface area contributed by atoms with Gasteiger partial charge in [0.1, 0.15) is 18.2 Å². The minimum Gasteiger partial charge on any atom is -0.492 e. The molecule has 33 heavy (non-hydrogen) atoms. The number of benzene rings is 1. The first kappa shape index (κ1) is 21.9. The zero-order chi connectivity index (χ0) is 23.0. The maximum atomic E-state index is 12.6. The molecule has 8 nitrogen and oxygen atoms in total. The first-order valence-electron chi connectivity index (χ1n) is 11.0. The van der Waals surface area contributed by atoms with Crippen LogP contribution < -0.4 is 10.5 Å². The zero-order valence-electron chi connectivity index (χ0n) is 18.0. The third kappa shape index (κ3) is 4.88. The number of ether oxygens (including phenoxy) is 2. The highest BCUT2D eigenvalue weighted by Crippen LogP contribution is 2.38. The molecule has 1 aliphatic carbocycles. The fourth-order valence-electron chi connectivity index (χ4n) is 4.05. The average molecular weight is 462 g/mol. The van der Waals surface area contributed by atoms with E-state index in [9.17, 15) is 13.2 Å². The first-order valence-corrected chi connectivity index (χ1v) is 11.0. The summed E-state index contributed by atoms with van der Waals surface area (Å²) < 4.78 is 50.4. The Morgan fingerprint density at radius 3 is 2.58 bits per heavy atom. The summed E-state index contributed by atoms with van der Waals surface area (Å²) in [4.78, 5) is 10.7. The van der Waals surface area contributed by atoms with Gasteiger partial charge in [-0.2, -0.15) is 22.7 Å². The van der Waals surface area contributed by atoms with Crippen LogP contribution in [0.25, 0.3) is 5.78 Å². The molecule has 1 saturated carbocycles. The van der Waals surface area contributed by atoms with E-state index in [2.05, 4.69) is 20.0 Å². The van der Waals surface area contributed by atoms with Crippen molar-refractivity contribution in [3.63, 3.8) is 0 Å².